The molecule has 2 aromatic carbocycles. The monoisotopic (exact) mass is 327 g/mol. The van der Waals surface area contributed by atoms with E-state index in [1.807, 2.05) is 32.0 Å². The van der Waals surface area contributed by atoms with Crippen molar-refractivity contribution in [3.05, 3.63) is 68.8 Å². The van der Waals surface area contributed by atoms with Crippen LogP contribution < -0.4 is 5.43 Å². The molecule has 2 aromatic rings. The summed E-state index contributed by atoms with van der Waals surface area (Å²) < 4.78 is 0. The normalized spacial score (nSPS) is 10.8. The number of phenolic OH excluding ortho intramolecular Hbond substituents is 1. The summed E-state index contributed by atoms with van der Waals surface area (Å²) in [4.78, 5) is 22.1. The average molecular weight is 327 g/mol. The van der Waals surface area contributed by atoms with Crippen LogP contribution in [0.25, 0.3) is 0 Å². The van der Waals surface area contributed by atoms with Crippen LogP contribution in [0.5, 0.6) is 5.75 Å². The van der Waals surface area contributed by atoms with Gasteiger partial charge in [0, 0.05) is 17.7 Å². The Kier molecular flexibility index (Phi) is 5.26. The fourth-order valence-electron chi connectivity index (χ4n) is 2.14. The quantitative estimate of drug-likeness (QED) is 0.500. The summed E-state index contributed by atoms with van der Waals surface area (Å²) in [7, 11) is 0. The summed E-state index contributed by atoms with van der Waals surface area (Å²) in [6, 6.07) is 9.42. The van der Waals surface area contributed by atoms with Crippen LogP contribution in [0.4, 0.5) is 5.69 Å². The molecule has 124 valence electrons. The number of rotatable bonds is 5. The van der Waals surface area contributed by atoms with Crippen LogP contribution in [0, 0.1) is 24.0 Å². The number of benzene rings is 2. The molecule has 2 N–H and O–H groups in total. The number of aryl methyl sites for hydroxylation is 2. The molecule has 0 heterocycles. The predicted octanol–water partition coefficient (Wildman–Crippen LogP) is 2.61. The molecule has 0 radical (unpaired) electrons. The van der Waals surface area contributed by atoms with Crippen LogP contribution in [0.15, 0.2) is 41.5 Å². The fraction of sp³-hybridized carbons (Fsp3) is 0.176. The SMILES string of the molecule is Cc1ccc(C)c(CC(=O)N/N=C/c2cc([N+](=O)[O-])ccc2O)c1. The van der Waals surface area contributed by atoms with E-state index in [1.54, 1.807) is 0 Å². The molecule has 2 rings (SSSR count). The van der Waals surface area contributed by atoms with E-state index < -0.39 is 4.92 Å². The first-order valence-electron chi connectivity index (χ1n) is 7.22. The molecule has 0 saturated carbocycles. The lowest BCUT2D eigenvalue weighted by Crippen LogP contribution is -2.20. The van der Waals surface area contributed by atoms with E-state index in [1.165, 1.54) is 24.4 Å². The molecule has 0 fully saturated rings. The van der Waals surface area contributed by atoms with Gasteiger partial charge in [0.25, 0.3) is 5.69 Å². The van der Waals surface area contributed by atoms with Gasteiger partial charge in [0.2, 0.25) is 5.91 Å². The van der Waals surface area contributed by atoms with Gasteiger partial charge in [-0.05, 0) is 31.0 Å². The first-order chi connectivity index (χ1) is 11.4. The number of phenols is 1. The highest BCUT2D eigenvalue weighted by molar-refractivity contribution is 5.86. The van der Waals surface area contributed by atoms with Crippen molar-refractivity contribution < 1.29 is 14.8 Å². The summed E-state index contributed by atoms with van der Waals surface area (Å²) in [5, 5.41) is 24.1. The Labute approximate surface area is 138 Å². The van der Waals surface area contributed by atoms with Gasteiger partial charge in [-0.15, -0.1) is 0 Å². The highest BCUT2D eigenvalue weighted by Crippen LogP contribution is 2.21. The van der Waals surface area contributed by atoms with Crippen LogP contribution in [0.1, 0.15) is 22.3 Å². The van der Waals surface area contributed by atoms with Crippen molar-refractivity contribution in [2.45, 2.75) is 20.3 Å². The smallest absolute Gasteiger partial charge is 0.270 e. The van der Waals surface area contributed by atoms with E-state index in [9.17, 15) is 20.0 Å². The second kappa shape index (κ2) is 7.36. The third kappa shape index (κ3) is 4.39. The van der Waals surface area contributed by atoms with Gasteiger partial charge in [-0.3, -0.25) is 14.9 Å². The molecule has 24 heavy (non-hydrogen) atoms. The number of hydrazone groups is 1. The zero-order valence-corrected chi connectivity index (χ0v) is 13.3. The third-order valence-corrected chi connectivity index (χ3v) is 3.47. The number of nitro groups is 1. The van der Waals surface area contributed by atoms with Crippen LogP contribution in [0.3, 0.4) is 0 Å². The Balaban J connectivity index is 2.03. The van der Waals surface area contributed by atoms with Crippen molar-refractivity contribution in [1.29, 1.82) is 0 Å². The lowest BCUT2D eigenvalue weighted by molar-refractivity contribution is -0.384. The van der Waals surface area contributed by atoms with E-state index in [0.717, 1.165) is 16.7 Å². The van der Waals surface area contributed by atoms with E-state index in [2.05, 4.69) is 10.5 Å². The number of nitro benzene ring substituents is 1. The van der Waals surface area contributed by atoms with Crippen LogP contribution in [-0.4, -0.2) is 22.2 Å². The molecule has 0 atom stereocenters. The van der Waals surface area contributed by atoms with Gasteiger partial charge in [-0.1, -0.05) is 23.8 Å². The van der Waals surface area contributed by atoms with Crippen LogP contribution >= 0.6 is 0 Å². The first-order valence-corrected chi connectivity index (χ1v) is 7.22. The minimum Gasteiger partial charge on any atom is -0.507 e. The van der Waals surface area contributed by atoms with Crippen molar-refractivity contribution >= 4 is 17.8 Å². The molecular formula is C17H17N3O4. The maximum Gasteiger partial charge on any atom is 0.270 e. The molecule has 7 nitrogen and oxygen atoms in total. The van der Waals surface area contributed by atoms with E-state index >= 15 is 0 Å². The van der Waals surface area contributed by atoms with Gasteiger partial charge in [-0.2, -0.15) is 5.10 Å². The lowest BCUT2D eigenvalue weighted by Gasteiger charge is -2.06. The standard InChI is InChI=1S/C17H17N3O4/c1-11-3-4-12(2)13(7-11)9-17(22)19-18-10-14-8-15(20(23)24)5-6-16(14)21/h3-8,10,21H,9H2,1-2H3,(H,19,22)/b18-10+. The van der Waals surface area contributed by atoms with Crippen molar-refractivity contribution in [2.24, 2.45) is 5.10 Å². The van der Waals surface area contributed by atoms with Gasteiger partial charge in [0.15, 0.2) is 0 Å². The molecule has 7 heteroatoms. The number of nitrogens with one attached hydrogen (secondary N) is 1. The number of non-ortho nitro benzene ring substituents is 1. The minimum atomic E-state index is -0.574. The highest BCUT2D eigenvalue weighted by Gasteiger charge is 2.09. The summed E-state index contributed by atoms with van der Waals surface area (Å²) in [6.07, 6.45) is 1.34. The van der Waals surface area contributed by atoms with E-state index in [4.69, 9.17) is 0 Å². The molecule has 0 unspecified atom stereocenters. The number of hydrogen-bond donors (Lipinski definition) is 2. The average Bonchev–Trinajstić information content (AvgIpc) is 2.52. The van der Waals surface area contributed by atoms with Gasteiger partial charge >= 0.3 is 0 Å². The molecule has 0 aliphatic heterocycles. The number of nitrogens with zero attached hydrogens (tertiary/aromatic N) is 2. The first kappa shape index (κ1) is 17.1. The lowest BCUT2D eigenvalue weighted by atomic mass is 10.0. The van der Waals surface area contributed by atoms with Crippen molar-refractivity contribution in [1.82, 2.24) is 5.43 Å². The largest absolute Gasteiger partial charge is 0.507 e. The Morgan fingerprint density at radius 2 is 2.04 bits per heavy atom. The maximum absolute atomic E-state index is 11.9. The topological polar surface area (TPSA) is 105 Å². The predicted molar refractivity (Wildman–Crippen MR) is 90.1 cm³/mol. The number of hydrogen-bond acceptors (Lipinski definition) is 5. The summed E-state index contributed by atoms with van der Waals surface area (Å²) in [5.74, 6) is -0.474. The third-order valence-electron chi connectivity index (χ3n) is 3.47. The van der Waals surface area contributed by atoms with Crippen molar-refractivity contribution in [3.63, 3.8) is 0 Å². The Bertz CT molecular complexity index is 815. The molecular weight excluding hydrogens is 310 g/mol. The number of carbonyl (C=O) groups is 1. The van der Waals surface area contributed by atoms with Crippen LogP contribution in [-0.2, 0) is 11.2 Å². The second-order valence-electron chi connectivity index (χ2n) is 5.40. The number of amides is 1. The zero-order chi connectivity index (χ0) is 17.7. The molecule has 0 aromatic heterocycles. The number of aromatic hydroxyl groups is 1. The van der Waals surface area contributed by atoms with Gasteiger partial charge in [0.05, 0.1) is 17.6 Å². The molecule has 0 saturated heterocycles. The number of carbonyl (C=O) groups excluding carboxylic acids is 1. The molecule has 0 bridgehead atoms. The summed E-state index contributed by atoms with van der Waals surface area (Å²) >= 11 is 0. The fourth-order valence-corrected chi connectivity index (χ4v) is 2.14. The molecule has 0 aliphatic carbocycles. The van der Waals surface area contributed by atoms with Gasteiger partial charge in [-0.25, -0.2) is 5.43 Å². The molecule has 0 spiro atoms. The summed E-state index contributed by atoms with van der Waals surface area (Å²) in [6.45, 7) is 3.87. The summed E-state index contributed by atoms with van der Waals surface area (Å²) in [5.41, 5.74) is 5.31. The van der Waals surface area contributed by atoms with Gasteiger partial charge < -0.3 is 5.11 Å². The second-order valence-corrected chi connectivity index (χ2v) is 5.40. The van der Waals surface area contributed by atoms with Crippen molar-refractivity contribution in [2.75, 3.05) is 0 Å². The maximum atomic E-state index is 11.9. The van der Waals surface area contributed by atoms with Crippen LogP contribution in [0.2, 0.25) is 0 Å². The molecule has 0 aliphatic rings. The van der Waals surface area contributed by atoms with Crippen molar-refractivity contribution in [3.8, 4) is 5.75 Å². The Hall–Kier alpha value is -3.22. The van der Waals surface area contributed by atoms with E-state index in [-0.39, 0.29) is 29.3 Å². The van der Waals surface area contributed by atoms with E-state index in [0.29, 0.717) is 0 Å². The van der Waals surface area contributed by atoms with Gasteiger partial charge in [0.1, 0.15) is 5.75 Å². The Morgan fingerprint density at radius 1 is 1.29 bits per heavy atom. The minimum absolute atomic E-state index is 0.149. The highest BCUT2D eigenvalue weighted by atomic mass is 16.6. The Morgan fingerprint density at radius 3 is 2.75 bits per heavy atom. The molecule has 1 amide bonds. The zero-order valence-electron chi connectivity index (χ0n) is 13.3.